The van der Waals surface area contributed by atoms with E-state index in [1.54, 1.807) is 0 Å². The summed E-state index contributed by atoms with van der Waals surface area (Å²) >= 11 is 0. The number of benzene rings is 6. The summed E-state index contributed by atoms with van der Waals surface area (Å²) in [4.78, 5) is 7.21. The van der Waals surface area contributed by atoms with Gasteiger partial charge in [0.25, 0.3) is 0 Å². The molecule has 4 heterocycles. The van der Waals surface area contributed by atoms with Crippen LogP contribution in [-0.2, 0) is 0 Å². The Balaban J connectivity index is 1.37. The number of para-hydroxylation sites is 7. The van der Waals surface area contributed by atoms with E-state index >= 15 is 0 Å². The van der Waals surface area contributed by atoms with Crippen molar-refractivity contribution in [3.8, 4) is 5.69 Å². The van der Waals surface area contributed by atoms with Crippen LogP contribution in [0.4, 0.5) is 34.1 Å². The molecule has 212 valence electrons. The van der Waals surface area contributed by atoms with E-state index in [1.807, 2.05) is 0 Å². The standard InChI is InChI=1S/C38H27BN6/c1-26-19-24-31-30(25-26)40-38-41(32-13-5-6-14-33(32)42(31)38)27-20-22-29(23-21-27)44-35-16-8-10-18-37(35)45-36-17-9-7-15-34(36)43(39(44)45)28-11-3-2-4-12-28/h2-25H,1H3/i2D,3D,4D,5D,6D,7D,8D,9D,10D,11D,12D,13D,14D,15D,16D,17D,18D,19D,20D,21D,22D,23D,24D,25D. The first-order chi connectivity index (χ1) is 32.3. The van der Waals surface area contributed by atoms with Gasteiger partial charge in [0.05, 0.1) is 77.7 Å². The van der Waals surface area contributed by atoms with E-state index in [9.17, 15) is 6.85 Å². The predicted molar refractivity (Wildman–Crippen MR) is 186 cm³/mol. The average Bonchev–Trinajstić information content (AvgIpc) is 4.06. The molecule has 0 spiro atoms. The second-order valence-electron chi connectivity index (χ2n) is 10.00. The second-order valence-corrected chi connectivity index (χ2v) is 10.00. The van der Waals surface area contributed by atoms with Crippen molar-refractivity contribution in [3.05, 3.63) is 151 Å². The maximum absolute atomic E-state index is 9.71. The molecule has 2 aliphatic rings. The highest BCUT2D eigenvalue weighted by atomic mass is 15.4. The summed E-state index contributed by atoms with van der Waals surface area (Å²) in [6.07, 6.45) is 0. The van der Waals surface area contributed by atoms with E-state index in [0.717, 1.165) is 23.4 Å². The van der Waals surface area contributed by atoms with Crippen LogP contribution in [0.25, 0.3) is 33.5 Å². The van der Waals surface area contributed by atoms with Gasteiger partial charge in [-0.1, -0.05) is 60.4 Å². The SMILES string of the molecule is [2H]c1c([2H])c([2H])c(N2B3N(c4c([2H])c([2H])c(-n5c6c([2H])c([2H])c([2H])c([2H])c6n6c7c([2H])c([2H])c(C)c([2H])c7nc56)c([2H])c4[2H])c4c([2H])c([2H])c([2H])c([2H])c4N3c3c([2H])c([2H])c([2H])c([2H])c32)c([2H])c1[2H]. The van der Waals surface area contributed by atoms with Gasteiger partial charge in [0.1, 0.15) is 0 Å². The van der Waals surface area contributed by atoms with Gasteiger partial charge in [-0.25, -0.2) is 4.98 Å². The molecule has 0 amide bonds. The normalized spacial score (nSPS) is 21.2. The topological polar surface area (TPSA) is 32.0 Å². The number of anilines is 6. The Morgan fingerprint density at radius 1 is 0.511 bits per heavy atom. The minimum atomic E-state index is -2.03. The van der Waals surface area contributed by atoms with Gasteiger partial charge in [0, 0.05) is 17.1 Å². The van der Waals surface area contributed by atoms with E-state index in [0.29, 0.717) is 0 Å². The second kappa shape index (κ2) is 9.03. The van der Waals surface area contributed by atoms with Crippen molar-refractivity contribution in [1.82, 2.24) is 14.0 Å². The third kappa shape index (κ3) is 3.32. The van der Waals surface area contributed by atoms with Crippen LogP contribution in [0.1, 0.15) is 38.5 Å². The molecule has 6 nitrogen and oxygen atoms in total. The zero-order valence-electron chi connectivity index (χ0n) is 46.8. The maximum atomic E-state index is 9.71. The van der Waals surface area contributed by atoms with Gasteiger partial charge in [-0.3, -0.25) is 8.97 Å². The lowest BCUT2D eigenvalue weighted by Gasteiger charge is -2.31. The Kier molecular flexibility index (Phi) is 2.19. The summed E-state index contributed by atoms with van der Waals surface area (Å²) in [5.41, 5.74) is -5.61. The minimum Gasteiger partial charge on any atom is -0.344 e. The number of hydrogen-bond acceptors (Lipinski definition) is 4. The molecule has 0 saturated heterocycles. The van der Waals surface area contributed by atoms with Gasteiger partial charge in [-0.15, -0.1) is 0 Å². The van der Waals surface area contributed by atoms with E-state index in [2.05, 4.69) is 4.98 Å². The van der Waals surface area contributed by atoms with Crippen LogP contribution in [0.15, 0.2) is 145 Å². The van der Waals surface area contributed by atoms with Gasteiger partial charge in [-0.05, 0) is 97.1 Å². The van der Waals surface area contributed by atoms with E-state index in [1.165, 1.54) is 6.92 Å². The van der Waals surface area contributed by atoms with Gasteiger partial charge in [-0.2, -0.15) is 0 Å². The first-order valence-corrected chi connectivity index (χ1v) is 13.4. The van der Waals surface area contributed by atoms with Crippen LogP contribution in [0.5, 0.6) is 0 Å². The zero-order chi connectivity index (χ0) is 50.5. The van der Waals surface area contributed by atoms with Crippen molar-refractivity contribution in [3.63, 3.8) is 0 Å². The average molecular weight is 603 g/mol. The van der Waals surface area contributed by atoms with E-state index in [4.69, 9.17) is 26.0 Å². The molecule has 0 fully saturated rings. The van der Waals surface area contributed by atoms with E-state index in [-0.39, 0.29) is 28.2 Å². The molecule has 2 aliphatic heterocycles. The maximum Gasteiger partial charge on any atom is 0.519 e. The third-order valence-corrected chi connectivity index (χ3v) is 7.57. The fourth-order valence-electron chi connectivity index (χ4n) is 5.84. The van der Waals surface area contributed by atoms with Gasteiger partial charge < -0.3 is 14.4 Å². The Bertz CT molecular complexity index is 3740. The van der Waals surface area contributed by atoms with Crippen molar-refractivity contribution in [2.75, 3.05) is 14.4 Å². The lowest BCUT2D eigenvalue weighted by molar-refractivity contribution is 1.11. The van der Waals surface area contributed by atoms with Crippen molar-refractivity contribution < 1.29 is 32.9 Å². The third-order valence-electron chi connectivity index (χ3n) is 7.57. The quantitative estimate of drug-likeness (QED) is 0.189. The number of imidazole rings is 2. The molecule has 0 atom stereocenters. The van der Waals surface area contributed by atoms with Crippen LogP contribution < -0.4 is 14.4 Å². The first-order valence-electron chi connectivity index (χ1n) is 25.4. The highest BCUT2D eigenvalue weighted by Crippen LogP contribution is 2.55. The summed E-state index contributed by atoms with van der Waals surface area (Å²) < 4.78 is 217. The molecule has 0 unspecified atom stereocenters. The van der Waals surface area contributed by atoms with Gasteiger partial charge in [0.2, 0.25) is 5.78 Å². The molecular formula is C38H27BN6. The fourth-order valence-corrected chi connectivity index (χ4v) is 5.84. The summed E-state index contributed by atoms with van der Waals surface area (Å²) in [7, 11) is -2.03. The molecule has 0 N–H and O–H groups in total. The minimum absolute atomic E-state index is 0.0391. The van der Waals surface area contributed by atoms with Crippen molar-refractivity contribution >= 4 is 69.1 Å². The number of hydrogen-bond donors (Lipinski definition) is 0. The van der Waals surface area contributed by atoms with Crippen LogP contribution in [-0.4, -0.2) is 21.1 Å². The lowest BCUT2D eigenvalue weighted by atomic mass is 9.86. The predicted octanol–water partition coefficient (Wildman–Crippen LogP) is 9.17. The molecule has 0 radical (unpaired) electrons. The number of fused-ring (bicyclic) bond motifs is 10. The molecule has 45 heavy (non-hydrogen) atoms. The highest BCUT2D eigenvalue weighted by Gasteiger charge is 2.53. The first kappa shape index (κ1) is 10.9. The Morgan fingerprint density at radius 2 is 1.04 bits per heavy atom. The van der Waals surface area contributed by atoms with Gasteiger partial charge in [0.15, 0.2) is 0 Å². The number of aromatic nitrogens is 3. The largest absolute Gasteiger partial charge is 0.519 e. The number of rotatable bonds is 3. The summed E-state index contributed by atoms with van der Waals surface area (Å²) in [6, 6.07) is -19.4. The molecule has 7 heteroatoms. The molecule has 10 rings (SSSR count). The van der Waals surface area contributed by atoms with Crippen LogP contribution in [0, 0.1) is 6.92 Å². The smallest absolute Gasteiger partial charge is 0.344 e. The van der Waals surface area contributed by atoms with Crippen LogP contribution >= 0.6 is 0 Å². The molecule has 0 aliphatic carbocycles. The van der Waals surface area contributed by atoms with E-state index < -0.39 is 197 Å². The van der Waals surface area contributed by atoms with Crippen LogP contribution in [0.3, 0.4) is 0 Å². The fraction of sp³-hybridized carbons (Fsp3) is 0.0263. The highest BCUT2D eigenvalue weighted by molar-refractivity contribution is 6.80. The molecule has 0 saturated carbocycles. The Morgan fingerprint density at radius 3 is 1.71 bits per heavy atom. The number of nitrogens with zero attached hydrogens (tertiary/aromatic N) is 6. The molecule has 0 bridgehead atoms. The molecule has 2 aromatic heterocycles. The molecule has 6 aromatic carbocycles. The Labute approximate surface area is 294 Å². The monoisotopic (exact) mass is 602 g/mol. The van der Waals surface area contributed by atoms with Crippen LogP contribution in [0.2, 0.25) is 0 Å². The molecule has 8 aromatic rings. The summed E-state index contributed by atoms with van der Waals surface area (Å²) in [5.74, 6) is -0.415. The Hall–Kier alpha value is -5.95. The van der Waals surface area contributed by atoms with Crippen molar-refractivity contribution in [1.29, 1.82) is 0 Å². The lowest BCUT2D eigenvalue weighted by Crippen LogP contribution is -2.51. The summed E-state index contributed by atoms with van der Waals surface area (Å²) in [6.45, 7) is 1.40. The molecular weight excluding hydrogens is 551 g/mol. The van der Waals surface area contributed by atoms with Crippen molar-refractivity contribution in [2.45, 2.75) is 6.92 Å². The zero-order valence-corrected chi connectivity index (χ0v) is 22.8. The van der Waals surface area contributed by atoms with Gasteiger partial charge >= 0.3 is 7.12 Å². The summed E-state index contributed by atoms with van der Waals surface area (Å²) in [5, 5.41) is 0. The van der Waals surface area contributed by atoms with Crippen molar-refractivity contribution in [2.24, 2.45) is 0 Å².